The van der Waals surface area contributed by atoms with Crippen molar-refractivity contribution in [3.05, 3.63) is 42.1 Å². The number of benzene rings is 1. The summed E-state index contributed by atoms with van der Waals surface area (Å²) >= 11 is 0. The summed E-state index contributed by atoms with van der Waals surface area (Å²) in [5.74, 6) is 0.124. The van der Waals surface area contributed by atoms with E-state index in [1.54, 1.807) is 6.20 Å². The third-order valence-electron chi connectivity index (χ3n) is 4.24. The van der Waals surface area contributed by atoms with Crippen molar-refractivity contribution in [2.45, 2.75) is 31.7 Å². The van der Waals surface area contributed by atoms with Crippen LogP contribution < -0.4 is 5.73 Å². The molecule has 1 aliphatic rings. The van der Waals surface area contributed by atoms with Crippen molar-refractivity contribution in [2.75, 3.05) is 13.1 Å². The fourth-order valence-electron chi connectivity index (χ4n) is 3.13. The second-order valence-corrected chi connectivity index (χ2v) is 5.64. The number of rotatable bonds is 3. The second-order valence-electron chi connectivity index (χ2n) is 5.64. The molecule has 1 fully saturated rings. The zero-order valence-electron chi connectivity index (χ0n) is 13.0. The maximum absolute atomic E-state index is 12.8. The van der Waals surface area contributed by atoms with E-state index in [4.69, 9.17) is 5.73 Å². The molecule has 1 aromatic carbocycles. The molecule has 1 atom stereocenters. The monoisotopic (exact) mass is 355 g/mol. The Kier molecular flexibility index (Phi) is 7.76. The highest BCUT2D eigenvalue weighted by atomic mass is 35.5. The van der Waals surface area contributed by atoms with Crippen molar-refractivity contribution >= 4 is 41.6 Å². The Morgan fingerprint density at radius 2 is 2.09 bits per heavy atom. The minimum atomic E-state index is 0. The lowest BCUT2D eigenvalue weighted by atomic mass is 9.98. The Labute approximate surface area is 149 Å². The van der Waals surface area contributed by atoms with Crippen LogP contribution in [-0.4, -0.2) is 34.9 Å². The summed E-state index contributed by atoms with van der Waals surface area (Å²) in [6, 6.07) is 9.93. The lowest BCUT2D eigenvalue weighted by Crippen LogP contribution is -2.44. The largest absolute Gasteiger partial charge is 0.336 e. The maximum atomic E-state index is 12.8. The lowest BCUT2D eigenvalue weighted by Gasteiger charge is -2.35. The van der Waals surface area contributed by atoms with E-state index >= 15 is 0 Å². The summed E-state index contributed by atoms with van der Waals surface area (Å²) in [6.45, 7) is 1.48. The molecule has 1 saturated heterocycles. The predicted molar refractivity (Wildman–Crippen MR) is 98.6 cm³/mol. The van der Waals surface area contributed by atoms with E-state index in [0.29, 0.717) is 12.6 Å². The third-order valence-corrected chi connectivity index (χ3v) is 4.24. The molecule has 0 spiro atoms. The van der Waals surface area contributed by atoms with Crippen LogP contribution in [0.25, 0.3) is 10.9 Å². The first-order chi connectivity index (χ1) is 10.3. The van der Waals surface area contributed by atoms with Gasteiger partial charge < -0.3 is 10.6 Å². The molecule has 6 heteroatoms. The molecule has 2 heterocycles. The van der Waals surface area contributed by atoms with Crippen molar-refractivity contribution < 1.29 is 4.79 Å². The molecule has 1 aromatic heterocycles. The highest BCUT2D eigenvalue weighted by Gasteiger charge is 2.26. The number of carbonyl (C=O) groups excluding carboxylic acids is 1. The number of carbonyl (C=O) groups is 1. The second kappa shape index (κ2) is 9.06. The average Bonchev–Trinajstić information content (AvgIpc) is 2.54. The Morgan fingerprint density at radius 3 is 2.87 bits per heavy atom. The van der Waals surface area contributed by atoms with Gasteiger partial charge in [0.2, 0.25) is 0 Å². The Morgan fingerprint density at radius 1 is 1.26 bits per heavy atom. The minimum absolute atomic E-state index is 0. The maximum Gasteiger partial charge on any atom is 0.254 e. The smallest absolute Gasteiger partial charge is 0.254 e. The van der Waals surface area contributed by atoms with Gasteiger partial charge in [-0.2, -0.15) is 0 Å². The number of aromatic nitrogens is 1. The van der Waals surface area contributed by atoms with E-state index in [-0.39, 0.29) is 30.7 Å². The van der Waals surface area contributed by atoms with Gasteiger partial charge in [-0.25, -0.2) is 0 Å². The van der Waals surface area contributed by atoms with Crippen LogP contribution in [-0.2, 0) is 0 Å². The van der Waals surface area contributed by atoms with Crippen molar-refractivity contribution in [2.24, 2.45) is 5.73 Å². The zero-order valence-corrected chi connectivity index (χ0v) is 14.6. The summed E-state index contributed by atoms with van der Waals surface area (Å²) in [6.07, 6.45) is 6.00. The number of pyridine rings is 1. The fraction of sp³-hybridized carbons (Fsp3) is 0.412. The summed E-state index contributed by atoms with van der Waals surface area (Å²) in [5.41, 5.74) is 7.36. The van der Waals surface area contributed by atoms with Gasteiger partial charge in [0, 0.05) is 29.7 Å². The number of likely N-dealkylation sites (tertiary alicyclic amines) is 1. The first kappa shape index (κ1) is 19.7. The molecule has 0 radical (unpaired) electrons. The van der Waals surface area contributed by atoms with E-state index in [2.05, 4.69) is 4.98 Å². The molecule has 4 nitrogen and oxygen atoms in total. The van der Waals surface area contributed by atoms with Gasteiger partial charge in [-0.3, -0.25) is 9.78 Å². The minimum Gasteiger partial charge on any atom is -0.336 e. The number of piperidine rings is 1. The molecule has 0 aliphatic carbocycles. The first-order valence-corrected chi connectivity index (χ1v) is 7.65. The molecule has 2 N–H and O–H groups in total. The number of fused-ring (bicyclic) bond motifs is 1. The van der Waals surface area contributed by atoms with E-state index < -0.39 is 0 Å². The summed E-state index contributed by atoms with van der Waals surface area (Å²) in [4.78, 5) is 19.1. The Bertz CT molecular complexity index is 649. The normalized spacial score (nSPS) is 17.3. The first-order valence-electron chi connectivity index (χ1n) is 7.65. The fourth-order valence-corrected chi connectivity index (χ4v) is 3.13. The van der Waals surface area contributed by atoms with Crippen molar-refractivity contribution in [3.63, 3.8) is 0 Å². The molecule has 1 aliphatic heterocycles. The number of halogens is 2. The molecule has 3 rings (SSSR count). The number of amides is 1. The molecule has 1 unspecified atom stereocenters. The van der Waals surface area contributed by atoms with Crippen LogP contribution >= 0.6 is 24.8 Å². The lowest BCUT2D eigenvalue weighted by molar-refractivity contribution is 0.0605. The van der Waals surface area contributed by atoms with Gasteiger partial charge in [0.1, 0.15) is 0 Å². The van der Waals surface area contributed by atoms with Gasteiger partial charge in [-0.1, -0.05) is 6.07 Å². The molecule has 2 aromatic rings. The molecule has 0 saturated carbocycles. The van der Waals surface area contributed by atoms with Gasteiger partial charge in [-0.05, 0) is 56.5 Å². The zero-order chi connectivity index (χ0) is 14.7. The van der Waals surface area contributed by atoms with Gasteiger partial charge >= 0.3 is 0 Å². The standard InChI is InChI=1S/C17H21N3O.2ClH/c18-9-8-15-5-1-2-11-20(15)17(21)14-6-7-16-13(12-14)4-3-10-19-16;;/h3-4,6-7,10,12,15H,1-2,5,8-9,11,18H2;2*1H. The van der Waals surface area contributed by atoms with Crippen LogP contribution in [0.3, 0.4) is 0 Å². The molecular formula is C17H23Cl2N3O. The van der Waals surface area contributed by atoms with Crippen molar-refractivity contribution in [1.82, 2.24) is 9.88 Å². The number of nitrogens with zero attached hydrogens (tertiary/aromatic N) is 2. The van der Waals surface area contributed by atoms with E-state index in [1.807, 2.05) is 35.2 Å². The van der Waals surface area contributed by atoms with Crippen LogP contribution in [0, 0.1) is 0 Å². The molecule has 1 amide bonds. The van der Waals surface area contributed by atoms with E-state index in [9.17, 15) is 4.79 Å². The van der Waals surface area contributed by atoms with Gasteiger partial charge in [0.15, 0.2) is 0 Å². The third kappa shape index (κ3) is 4.34. The van der Waals surface area contributed by atoms with E-state index in [0.717, 1.165) is 42.3 Å². The predicted octanol–water partition coefficient (Wildman–Crippen LogP) is 3.42. The number of hydrogen-bond donors (Lipinski definition) is 1. The van der Waals surface area contributed by atoms with Gasteiger partial charge in [-0.15, -0.1) is 24.8 Å². The van der Waals surface area contributed by atoms with Gasteiger partial charge in [0.25, 0.3) is 5.91 Å². The van der Waals surface area contributed by atoms with Crippen LogP contribution in [0.5, 0.6) is 0 Å². The Balaban J connectivity index is 0.00000132. The molecule has 23 heavy (non-hydrogen) atoms. The highest BCUT2D eigenvalue weighted by molar-refractivity contribution is 5.98. The quantitative estimate of drug-likeness (QED) is 0.917. The highest BCUT2D eigenvalue weighted by Crippen LogP contribution is 2.23. The van der Waals surface area contributed by atoms with Crippen LogP contribution in [0.15, 0.2) is 36.5 Å². The molecule has 126 valence electrons. The van der Waals surface area contributed by atoms with Crippen LogP contribution in [0.1, 0.15) is 36.0 Å². The summed E-state index contributed by atoms with van der Waals surface area (Å²) in [7, 11) is 0. The SMILES string of the molecule is Cl.Cl.NCCC1CCCCN1C(=O)c1ccc2ncccc2c1. The summed E-state index contributed by atoms with van der Waals surface area (Å²) < 4.78 is 0. The topological polar surface area (TPSA) is 59.2 Å². The average molecular weight is 356 g/mol. The summed E-state index contributed by atoms with van der Waals surface area (Å²) in [5, 5.41) is 1.01. The van der Waals surface area contributed by atoms with Crippen molar-refractivity contribution in [1.29, 1.82) is 0 Å². The number of hydrogen-bond acceptors (Lipinski definition) is 3. The van der Waals surface area contributed by atoms with Crippen LogP contribution in [0.4, 0.5) is 0 Å². The van der Waals surface area contributed by atoms with Crippen molar-refractivity contribution in [3.8, 4) is 0 Å². The van der Waals surface area contributed by atoms with Gasteiger partial charge in [0.05, 0.1) is 5.52 Å². The van der Waals surface area contributed by atoms with Crippen LogP contribution in [0.2, 0.25) is 0 Å². The molecule has 0 bridgehead atoms. The molecular weight excluding hydrogens is 333 g/mol. The Hall–Kier alpha value is -1.36. The van der Waals surface area contributed by atoms with E-state index in [1.165, 1.54) is 6.42 Å². The number of nitrogens with two attached hydrogens (primary N) is 1.